The van der Waals surface area contributed by atoms with Gasteiger partial charge in [0.25, 0.3) is 0 Å². The predicted octanol–water partition coefficient (Wildman–Crippen LogP) is 1.51. The minimum absolute atomic E-state index is 0.0228. The van der Waals surface area contributed by atoms with Crippen molar-refractivity contribution in [2.75, 3.05) is 18.8 Å². The van der Waals surface area contributed by atoms with Gasteiger partial charge in [-0.2, -0.15) is 0 Å². The van der Waals surface area contributed by atoms with Gasteiger partial charge in [-0.1, -0.05) is 23.7 Å². The maximum absolute atomic E-state index is 11.3. The van der Waals surface area contributed by atoms with Gasteiger partial charge in [-0.15, -0.1) is 11.8 Å². The number of halogens is 1. The molecule has 0 saturated heterocycles. The summed E-state index contributed by atoms with van der Waals surface area (Å²) in [6.45, 7) is 0.977. The summed E-state index contributed by atoms with van der Waals surface area (Å²) in [6.07, 6.45) is 0. The average Bonchev–Trinajstić information content (AvgIpc) is 2.25. The number of carbonyl (C=O) groups excluding carboxylic acids is 1. The van der Waals surface area contributed by atoms with E-state index in [0.717, 1.165) is 4.90 Å². The Morgan fingerprint density at radius 1 is 1.47 bits per heavy atom. The first-order valence-electron chi connectivity index (χ1n) is 4.58. The van der Waals surface area contributed by atoms with Gasteiger partial charge < -0.3 is 11.1 Å². The van der Waals surface area contributed by atoms with Crippen molar-refractivity contribution in [1.82, 2.24) is 5.32 Å². The molecule has 0 aromatic heterocycles. The van der Waals surface area contributed by atoms with Crippen LogP contribution in [0.4, 0.5) is 0 Å². The first-order chi connectivity index (χ1) is 7.24. The lowest BCUT2D eigenvalue weighted by Crippen LogP contribution is -2.30. The number of amides is 1. The van der Waals surface area contributed by atoms with Crippen molar-refractivity contribution in [2.24, 2.45) is 5.73 Å². The molecule has 0 bridgehead atoms. The molecule has 0 radical (unpaired) electrons. The van der Waals surface area contributed by atoms with Gasteiger partial charge in [0.2, 0.25) is 5.91 Å². The van der Waals surface area contributed by atoms with E-state index >= 15 is 0 Å². The first-order valence-corrected chi connectivity index (χ1v) is 5.94. The van der Waals surface area contributed by atoms with Crippen molar-refractivity contribution in [3.63, 3.8) is 0 Å². The molecule has 0 aliphatic rings. The molecule has 0 aliphatic heterocycles. The normalized spacial score (nSPS) is 10.0. The Labute approximate surface area is 98.4 Å². The van der Waals surface area contributed by atoms with E-state index in [1.165, 1.54) is 11.8 Å². The average molecular weight is 245 g/mol. The van der Waals surface area contributed by atoms with Crippen LogP contribution in [-0.4, -0.2) is 24.7 Å². The topological polar surface area (TPSA) is 55.1 Å². The van der Waals surface area contributed by atoms with Crippen LogP contribution in [-0.2, 0) is 4.79 Å². The molecule has 1 amide bonds. The predicted molar refractivity (Wildman–Crippen MR) is 64.2 cm³/mol. The van der Waals surface area contributed by atoms with Crippen LogP contribution in [0.2, 0.25) is 5.02 Å². The SMILES string of the molecule is NCCNC(=O)CSc1ccccc1Cl. The summed E-state index contributed by atoms with van der Waals surface area (Å²) in [4.78, 5) is 12.2. The standard InChI is InChI=1S/C10H13ClN2OS/c11-8-3-1-2-4-9(8)15-7-10(14)13-6-5-12/h1-4H,5-7,12H2,(H,13,14). The number of hydrogen-bond donors (Lipinski definition) is 2. The number of nitrogens with one attached hydrogen (secondary N) is 1. The zero-order valence-corrected chi connectivity index (χ0v) is 9.77. The van der Waals surface area contributed by atoms with Crippen molar-refractivity contribution in [2.45, 2.75) is 4.90 Å². The molecule has 0 aliphatic carbocycles. The van der Waals surface area contributed by atoms with Crippen LogP contribution in [0.3, 0.4) is 0 Å². The summed E-state index contributed by atoms with van der Waals surface area (Å²) in [5.41, 5.74) is 5.27. The second-order valence-electron chi connectivity index (χ2n) is 2.86. The third-order valence-electron chi connectivity index (χ3n) is 1.66. The highest BCUT2D eigenvalue weighted by molar-refractivity contribution is 8.00. The maximum Gasteiger partial charge on any atom is 0.230 e. The van der Waals surface area contributed by atoms with Gasteiger partial charge in [-0.3, -0.25) is 4.79 Å². The third kappa shape index (κ3) is 4.55. The number of carbonyl (C=O) groups is 1. The minimum atomic E-state index is -0.0228. The van der Waals surface area contributed by atoms with Crippen molar-refractivity contribution >= 4 is 29.3 Å². The quantitative estimate of drug-likeness (QED) is 0.772. The molecular weight excluding hydrogens is 232 g/mol. The Morgan fingerprint density at radius 3 is 2.87 bits per heavy atom. The van der Waals surface area contributed by atoms with Crippen LogP contribution < -0.4 is 11.1 Å². The van der Waals surface area contributed by atoms with Crippen molar-refractivity contribution in [3.8, 4) is 0 Å². The van der Waals surface area contributed by atoms with Crippen molar-refractivity contribution in [3.05, 3.63) is 29.3 Å². The zero-order valence-electron chi connectivity index (χ0n) is 8.20. The molecule has 1 aromatic carbocycles. The van der Waals surface area contributed by atoms with Crippen molar-refractivity contribution in [1.29, 1.82) is 0 Å². The summed E-state index contributed by atoms with van der Waals surface area (Å²) in [5.74, 6) is 0.342. The molecule has 5 heteroatoms. The monoisotopic (exact) mass is 244 g/mol. The molecule has 0 unspecified atom stereocenters. The van der Waals surface area contributed by atoms with E-state index in [1.807, 2.05) is 24.3 Å². The second kappa shape index (κ2) is 6.71. The molecule has 0 saturated carbocycles. The highest BCUT2D eigenvalue weighted by atomic mass is 35.5. The van der Waals surface area contributed by atoms with Crippen LogP contribution in [0.1, 0.15) is 0 Å². The van der Waals surface area contributed by atoms with E-state index < -0.39 is 0 Å². The second-order valence-corrected chi connectivity index (χ2v) is 4.28. The Bertz CT molecular complexity index is 333. The molecule has 0 heterocycles. The summed E-state index contributed by atoms with van der Waals surface area (Å²) < 4.78 is 0. The van der Waals surface area contributed by atoms with Crippen LogP contribution in [0.5, 0.6) is 0 Å². The van der Waals surface area contributed by atoms with Gasteiger partial charge >= 0.3 is 0 Å². The molecule has 0 fully saturated rings. The summed E-state index contributed by atoms with van der Waals surface area (Å²) >= 11 is 7.36. The highest BCUT2D eigenvalue weighted by Gasteiger charge is 2.04. The van der Waals surface area contributed by atoms with E-state index in [9.17, 15) is 4.79 Å². The lowest BCUT2D eigenvalue weighted by atomic mass is 10.4. The lowest BCUT2D eigenvalue weighted by Gasteiger charge is -2.04. The Balaban J connectivity index is 2.37. The van der Waals surface area contributed by atoms with Gasteiger partial charge in [-0.05, 0) is 12.1 Å². The molecular formula is C10H13ClN2OS. The Kier molecular flexibility index (Phi) is 5.53. The Hall–Kier alpha value is -0.710. The van der Waals surface area contributed by atoms with Crippen molar-refractivity contribution < 1.29 is 4.79 Å². The fourth-order valence-electron chi connectivity index (χ4n) is 0.968. The molecule has 3 N–H and O–H groups in total. The molecule has 1 rings (SSSR count). The van der Waals surface area contributed by atoms with Crippen LogP contribution in [0, 0.1) is 0 Å². The Morgan fingerprint density at radius 2 is 2.20 bits per heavy atom. The van der Waals surface area contributed by atoms with E-state index in [1.54, 1.807) is 0 Å². The third-order valence-corrected chi connectivity index (χ3v) is 3.18. The molecule has 82 valence electrons. The van der Waals surface area contributed by atoms with Gasteiger partial charge in [0.15, 0.2) is 0 Å². The fraction of sp³-hybridized carbons (Fsp3) is 0.300. The minimum Gasteiger partial charge on any atom is -0.354 e. The zero-order chi connectivity index (χ0) is 11.1. The fourth-order valence-corrected chi connectivity index (χ4v) is 2.04. The lowest BCUT2D eigenvalue weighted by molar-refractivity contribution is -0.118. The van der Waals surface area contributed by atoms with E-state index in [0.29, 0.717) is 23.9 Å². The van der Waals surface area contributed by atoms with Crippen LogP contribution in [0.25, 0.3) is 0 Å². The molecule has 0 spiro atoms. The number of thioether (sulfide) groups is 1. The van der Waals surface area contributed by atoms with Crippen LogP contribution in [0.15, 0.2) is 29.2 Å². The molecule has 15 heavy (non-hydrogen) atoms. The number of hydrogen-bond acceptors (Lipinski definition) is 3. The molecule has 1 aromatic rings. The highest BCUT2D eigenvalue weighted by Crippen LogP contribution is 2.25. The van der Waals surface area contributed by atoms with E-state index in [2.05, 4.69) is 5.32 Å². The van der Waals surface area contributed by atoms with Crippen LogP contribution >= 0.6 is 23.4 Å². The molecule has 0 atom stereocenters. The number of benzene rings is 1. The largest absolute Gasteiger partial charge is 0.354 e. The number of nitrogens with two attached hydrogens (primary N) is 1. The van der Waals surface area contributed by atoms with E-state index in [4.69, 9.17) is 17.3 Å². The van der Waals surface area contributed by atoms with Gasteiger partial charge in [0.1, 0.15) is 0 Å². The molecule has 3 nitrogen and oxygen atoms in total. The number of rotatable bonds is 5. The summed E-state index contributed by atoms with van der Waals surface area (Å²) in [5, 5.41) is 3.37. The van der Waals surface area contributed by atoms with E-state index in [-0.39, 0.29) is 5.91 Å². The smallest absolute Gasteiger partial charge is 0.230 e. The maximum atomic E-state index is 11.3. The van der Waals surface area contributed by atoms with Gasteiger partial charge in [0, 0.05) is 18.0 Å². The summed E-state index contributed by atoms with van der Waals surface area (Å²) in [6, 6.07) is 7.46. The van der Waals surface area contributed by atoms with Gasteiger partial charge in [-0.25, -0.2) is 0 Å². The summed E-state index contributed by atoms with van der Waals surface area (Å²) in [7, 11) is 0. The first kappa shape index (κ1) is 12.4. The van der Waals surface area contributed by atoms with Gasteiger partial charge in [0.05, 0.1) is 10.8 Å².